The summed E-state index contributed by atoms with van der Waals surface area (Å²) in [5.41, 5.74) is 1.46. The molecule has 158 valence electrons. The van der Waals surface area contributed by atoms with Crippen LogP contribution < -0.4 is 10.1 Å². The Morgan fingerprint density at radius 2 is 2.00 bits per heavy atom. The highest BCUT2D eigenvalue weighted by molar-refractivity contribution is 7.91. The third-order valence-electron chi connectivity index (χ3n) is 4.81. The average molecular weight is 447 g/mol. The molecular weight excluding hydrogens is 424 g/mol. The molecule has 1 atom stereocenters. The standard InChI is InChI=1S/C20H22N4O4S2/c1-13-12-18(23-22-13)28-16-8-6-15(7-9-16)21-20(25)17-4-3-11-24(17)30(26,27)19-10-5-14(2)29-19/h5-10,12,17H,3-4,11H2,1-2H3,(H,21,25)(H,22,23). The highest BCUT2D eigenvalue weighted by Crippen LogP contribution is 2.31. The summed E-state index contributed by atoms with van der Waals surface area (Å²) in [6, 6.07) is 11.3. The van der Waals surface area contributed by atoms with Crippen LogP contribution in [0, 0.1) is 13.8 Å². The van der Waals surface area contributed by atoms with E-state index >= 15 is 0 Å². The van der Waals surface area contributed by atoms with Crippen molar-refractivity contribution in [2.45, 2.75) is 36.9 Å². The summed E-state index contributed by atoms with van der Waals surface area (Å²) in [5, 5.41) is 9.63. The molecule has 30 heavy (non-hydrogen) atoms. The van der Waals surface area contributed by atoms with Gasteiger partial charge < -0.3 is 10.1 Å². The van der Waals surface area contributed by atoms with Gasteiger partial charge >= 0.3 is 0 Å². The van der Waals surface area contributed by atoms with Gasteiger partial charge in [-0.15, -0.1) is 16.4 Å². The molecule has 3 aromatic rings. The van der Waals surface area contributed by atoms with Gasteiger partial charge in [-0.2, -0.15) is 4.31 Å². The van der Waals surface area contributed by atoms with E-state index in [4.69, 9.17) is 4.74 Å². The lowest BCUT2D eigenvalue weighted by atomic mass is 10.2. The molecule has 1 amide bonds. The minimum absolute atomic E-state index is 0.273. The zero-order chi connectivity index (χ0) is 21.3. The number of carbonyl (C=O) groups is 1. The lowest BCUT2D eigenvalue weighted by Gasteiger charge is -2.22. The van der Waals surface area contributed by atoms with Crippen LogP contribution in [-0.4, -0.2) is 41.4 Å². The Kier molecular flexibility index (Phi) is 5.63. The number of hydrogen-bond donors (Lipinski definition) is 2. The number of rotatable bonds is 6. The smallest absolute Gasteiger partial charge is 0.253 e. The average Bonchev–Trinajstić information content (AvgIpc) is 3.44. The van der Waals surface area contributed by atoms with Crippen LogP contribution in [0.2, 0.25) is 0 Å². The second kappa shape index (κ2) is 8.21. The van der Waals surface area contributed by atoms with E-state index in [0.29, 0.717) is 36.7 Å². The number of nitrogens with zero attached hydrogens (tertiary/aromatic N) is 2. The number of amides is 1. The number of carbonyl (C=O) groups excluding carboxylic acids is 1. The lowest BCUT2D eigenvalue weighted by Crippen LogP contribution is -2.42. The van der Waals surface area contributed by atoms with Crippen molar-refractivity contribution in [2.75, 3.05) is 11.9 Å². The predicted octanol–water partition coefficient (Wildman–Crippen LogP) is 3.67. The Morgan fingerprint density at radius 1 is 1.23 bits per heavy atom. The van der Waals surface area contributed by atoms with Gasteiger partial charge in [0.05, 0.1) is 0 Å². The summed E-state index contributed by atoms with van der Waals surface area (Å²) in [7, 11) is -3.68. The number of aromatic amines is 1. The summed E-state index contributed by atoms with van der Waals surface area (Å²) < 4.78 is 33.1. The first-order chi connectivity index (χ1) is 14.3. The molecule has 1 aliphatic heterocycles. The number of aromatic nitrogens is 2. The van der Waals surface area contributed by atoms with Crippen molar-refractivity contribution < 1.29 is 17.9 Å². The third kappa shape index (κ3) is 4.25. The maximum Gasteiger partial charge on any atom is 0.253 e. The first kappa shape index (κ1) is 20.6. The summed E-state index contributed by atoms with van der Waals surface area (Å²) >= 11 is 1.22. The minimum atomic E-state index is -3.68. The maximum absolute atomic E-state index is 13.0. The van der Waals surface area contributed by atoms with E-state index in [1.807, 2.05) is 13.8 Å². The van der Waals surface area contributed by atoms with Crippen molar-refractivity contribution in [1.82, 2.24) is 14.5 Å². The van der Waals surface area contributed by atoms with Crippen LogP contribution in [0.3, 0.4) is 0 Å². The minimum Gasteiger partial charge on any atom is -0.438 e. The predicted molar refractivity (Wildman–Crippen MR) is 114 cm³/mol. The van der Waals surface area contributed by atoms with Gasteiger partial charge in [0.1, 0.15) is 16.0 Å². The zero-order valence-electron chi connectivity index (χ0n) is 16.6. The number of aryl methyl sites for hydroxylation is 2. The van der Waals surface area contributed by atoms with Crippen LogP contribution in [0.25, 0.3) is 0 Å². The number of H-pyrrole nitrogens is 1. The van der Waals surface area contributed by atoms with Crippen molar-refractivity contribution in [3.8, 4) is 11.6 Å². The largest absolute Gasteiger partial charge is 0.438 e. The molecule has 1 unspecified atom stereocenters. The van der Waals surface area contributed by atoms with Crippen LogP contribution in [0.4, 0.5) is 5.69 Å². The van der Waals surface area contributed by atoms with Gasteiger partial charge in [0.25, 0.3) is 10.0 Å². The zero-order valence-corrected chi connectivity index (χ0v) is 18.2. The molecule has 3 heterocycles. The van der Waals surface area contributed by atoms with E-state index in [1.165, 1.54) is 15.6 Å². The van der Waals surface area contributed by atoms with E-state index < -0.39 is 16.1 Å². The molecule has 1 aliphatic rings. The fourth-order valence-electron chi connectivity index (χ4n) is 3.35. The van der Waals surface area contributed by atoms with Crippen LogP contribution in [0.5, 0.6) is 11.6 Å². The molecule has 0 aliphatic carbocycles. The van der Waals surface area contributed by atoms with E-state index in [0.717, 1.165) is 10.6 Å². The number of hydrogen-bond acceptors (Lipinski definition) is 6. The van der Waals surface area contributed by atoms with Crippen molar-refractivity contribution in [3.63, 3.8) is 0 Å². The molecule has 1 aromatic carbocycles. The number of ether oxygens (including phenoxy) is 1. The van der Waals surface area contributed by atoms with Crippen molar-refractivity contribution in [1.29, 1.82) is 0 Å². The Hall–Kier alpha value is -2.69. The Labute approximate surface area is 178 Å². The molecule has 0 saturated carbocycles. The topological polar surface area (TPSA) is 104 Å². The van der Waals surface area contributed by atoms with Crippen LogP contribution in [-0.2, 0) is 14.8 Å². The van der Waals surface area contributed by atoms with Crippen molar-refractivity contribution >= 4 is 33.0 Å². The molecule has 2 aromatic heterocycles. The van der Waals surface area contributed by atoms with Crippen molar-refractivity contribution in [2.24, 2.45) is 0 Å². The van der Waals surface area contributed by atoms with Gasteiger partial charge in [0.2, 0.25) is 11.8 Å². The number of thiophene rings is 1. The van der Waals surface area contributed by atoms with E-state index in [1.54, 1.807) is 42.5 Å². The second-order valence-electron chi connectivity index (χ2n) is 7.14. The van der Waals surface area contributed by atoms with Gasteiger partial charge in [-0.3, -0.25) is 9.89 Å². The molecule has 2 N–H and O–H groups in total. The first-order valence-electron chi connectivity index (χ1n) is 9.52. The molecular formula is C20H22N4O4S2. The highest BCUT2D eigenvalue weighted by atomic mass is 32.2. The van der Waals surface area contributed by atoms with E-state index in [2.05, 4.69) is 15.5 Å². The van der Waals surface area contributed by atoms with Gasteiger partial charge in [-0.25, -0.2) is 8.42 Å². The molecule has 1 saturated heterocycles. The highest BCUT2D eigenvalue weighted by Gasteiger charge is 2.40. The summed E-state index contributed by atoms with van der Waals surface area (Å²) in [6.45, 7) is 4.08. The van der Waals surface area contributed by atoms with E-state index in [-0.39, 0.29) is 10.1 Å². The molecule has 8 nitrogen and oxygen atoms in total. The summed E-state index contributed by atoms with van der Waals surface area (Å²) in [4.78, 5) is 13.7. The quantitative estimate of drug-likeness (QED) is 0.601. The van der Waals surface area contributed by atoms with Gasteiger partial charge in [0.15, 0.2) is 0 Å². The van der Waals surface area contributed by atoms with Gasteiger partial charge in [-0.05, 0) is 63.1 Å². The Morgan fingerprint density at radius 3 is 2.63 bits per heavy atom. The third-order valence-corrected chi connectivity index (χ3v) is 8.19. The summed E-state index contributed by atoms with van der Waals surface area (Å²) in [5.74, 6) is 0.707. The maximum atomic E-state index is 13.0. The van der Waals surface area contributed by atoms with Gasteiger partial charge in [-0.1, -0.05) is 0 Å². The number of nitrogens with one attached hydrogen (secondary N) is 2. The normalized spacial score (nSPS) is 17.2. The number of anilines is 1. The first-order valence-corrected chi connectivity index (χ1v) is 11.8. The SMILES string of the molecule is Cc1cc(Oc2ccc(NC(=O)C3CCCN3S(=O)(=O)c3ccc(C)s3)cc2)n[nH]1. The van der Waals surface area contributed by atoms with Crippen LogP contribution in [0.1, 0.15) is 23.4 Å². The van der Waals surface area contributed by atoms with Crippen molar-refractivity contribution in [3.05, 3.63) is 53.0 Å². The Bertz CT molecular complexity index is 1150. The Balaban J connectivity index is 1.44. The van der Waals surface area contributed by atoms with Crippen LogP contribution >= 0.6 is 11.3 Å². The number of benzene rings is 1. The van der Waals surface area contributed by atoms with E-state index in [9.17, 15) is 13.2 Å². The van der Waals surface area contributed by atoms with Crippen LogP contribution in [0.15, 0.2) is 46.7 Å². The lowest BCUT2D eigenvalue weighted by molar-refractivity contribution is -0.119. The molecule has 0 spiro atoms. The van der Waals surface area contributed by atoms with Gasteiger partial charge in [0, 0.05) is 28.9 Å². The second-order valence-corrected chi connectivity index (χ2v) is 10.5. The molecule has 10 heteroatoms. The summed E-state index contributed by atoms with van der Waals surface area (Å²) in [6.07, 6.45) is 1.15. The molecule has 1 fully saturated rings. The fraction of sp³-hybridized carbons (Fsp3) is 0.300. The molecule has 4 rings (SSSR count). The molecule has 0 radical (unpaired) electrons. The molecule has 0 bridgehead atoms. The fourth-order valence-corrected chi connectivity index (χ4v) is 6.42. The number of sulfonamides is 1. The monoisotopic (exact) mass is 446 g/mol.